The number of nitrogens with one attached hydrogen (secondary N) is 1. The van der Waals surface area contributed by atoms with Crippen molar-refractivity contribution in [3.63, 3.8) is 0 Å². The Balaban J connectivity index is 0.000000172. The lowest BCUT2D eigenvalue weighted by Gasteiger charge is -2.29. The first-order valence-corrected chi connectivity index (χ1v) is 11.4. The van der Waals surface area contributed by atoms with Gasteiger partial charge in [-0.05, 0) is 32.8 Å². The first-order valence-electron chi connectivity index (χ1n) is 11.4. The van der Waals surface area contributed by atoms with E-state index in [-0.39, 0.29) is 11.5 Å². The molecule has 0 unspecified atom stereocenters. The van der Waals surface area contributed by atoms with Crippen LogP contribution < -0.4 is 15.2 Å². The molecule has 1 saturated heterocycles. The normalized spacial score (nSPS) is 14.9. The summed E-state index contributed by atoms with van der Waals surface area (Å²) in [5, 5.41) is 0. The van der Waals surface area contributed by atoms with Gasteiger partial charge < -0.3 is 23.9 Å². The van der Waals surface area contributed by atoms with Crippen molar-refractivity contribution in [2.24, 2.45) is 0 Å². The number of pyridine rings is 1. The second-order valence-corrected chi connectivity index (χ2v) is 8.49. The number of aromatic amines is 1. The van der Waals surface area contributed by atoms with Gasteiger partial charge in [0.15, 0.2) is 5.89 Å². The van der Waals surface area contributed by atoms with Gasteiger partial charge in [-0.2, -0.15) is 0 Å². The standard InChI is InChI=1S/C14H16N4O2.C10H14N2O2/c1-9-5-10(6-15-14(9)20-2)18-4-3-12-11(7-18)13(19)17-8-16-12;1-7-9(14-8(2)11-7)10(13)12-5-3-4-6-12/h5-6,8H,3-4,7H2,1-2H3,(H,16,17,19);3-6H2,1-2H3. The number of nitrogens with zero attached hydrogens (tertiary/aromatic N) is 5. The van der Waals surface area contributed by atoms with E-state index < -0.39 is 0 Å². The van der Waals surface area contributed by atoms with Crippen LogP contribution in [0.2, 0.25) is 0 Å². The number of hydrogen-bond donors (Lipinski definition) is 1. The molecular formula is C24H30N6O4. The summed E-state index contributed by atoms with van der Waals surface area (Å²) < 4.78 is 10.5. The summed E-state index contributed by atoms with van der Waals surface area (Å²) >= 11 is 0. The van der Waals surface area contributed by atoms with Crippen LogP contribution in [0, 0.1) is 20.8 Å². The van der Waals surface area contributed by atoms with Crippen LogP contribution in [0.15, 0.2) is 27.8 Å². The Kier molecular flexibility index (Phi) is 6.95. The lowest BCUT2D eigenvalue weighted by Crippen LogP contribution is -2.35. The van der Waals surface area contributed by atoms with E-state index in [0.29, 0.717) is 29.8 Å². The minimum Gasteiger partial charge on any atom is -0.481 e. The molecule has 0 spiro atoms. The topological polar surface area (TPSA) is 117 Å². The fraction of sp³-hybridized carbons (Fsp3) is 0.458. The third-order valence-electron chi connectivity index (χ3n) is 6.07. The lowest BCUT2D eigenvalue weighted by molar-refractivity contribution is 0.0759. The molecule has 1 N–H and O–H groups in total. The summed E-state index contributed by atoms with van der Waals surface area (Å²) in [6.07, 6.45) is 6.21. The lowest BCUT2D eigenvalue weighted by atomic mass is 10.1. The average molecular weight is 467 g/mol. The van der Waals surface area contributed by atoms with Crippen LogP contribution in [-0.2, 0) is 13.0 Å². The SMILES string of the molecule is COc1ncc(N2CCc3nc[nH]c(=O)c3C2)cc1C.Cc1nc(C)c(C(=O)N2CCCC2)o1. The number of methoxy groups -OCH3 is 1. The van der Waals surface area contributed by atoms with Gasteiger partial charge in [-0.15, -0.1) is 0 Å². The molecule has 2 aliphatic rings. The maximum atomic E-state index is 11.9. The predicted octanol–water partition coefficient (Wildman–Crippen LogP) is 2.57. The third-order valence-corrected chi connectivity index (χ3v) is 6.07. The molecule has 10 heteroatoms. The van der Waals surface area contributed by atoms with Crippen molar-refractivity contribution in [3.05, 3.63) is 63.1 Å². The highest BCUT2D eigenvalue weighted by atomic mass is 16.5. The zero-order valence-electron chi connectivity index (χ0n) is 20.1. The maximum Gasteiger partial charge on any atom is 0.291 e. The zero-order chi connectivity index (χ0) is 24.2. The summed E-state index contributed by atoms with van der Waals surface area (Å²) in [7, 11) is 1.61. The van der Waals surface area contributed by atoms with Gasteiger partial charge in [0, 0.05) is 38.5 Å². The van der Waals surface area contributed by atoms with Gasteiger partial charge in [0.25, 0.3) is 11.5 Å². The van der Waals surface area contributed by atoms with E-state index in [0.717, 1.165) is 61.4 Å². The number of rotatable bonds is 3. The molecule has 0 bridgehead atoms. The highest BCUT2D eigenvalue weighted by Crippen LogP contribution is 2.25. The van der Waals surface area contributed by atoms with Crippen LogP contribution in [0.4, 0.5) is 5.69 Å². The van der Waals surface area contributed by atoms with Crippen LogP contribution in [0.1, 0.15) is 51.8 Å². The Morgan fingerprint density at radius 1 is 1.15 bits per heavy atom. The van der Waals surface area contributed by atoms with Gasteiger partial charge in [-0.3, -0.25) is 9.59 Å². The third kappa shape index (κ3) is 4.95. The fourth-order valence-corrected chi connectivity index (χ4v) is 4.30. The van der Waals surface area contributed by atoms with E-state index in [2.05, 4.69) is 24.8 Å². The van der Waals surface area contributed by atoms with Gasteiger partial charge in [0.2, 0.25) is 11.6 Å². The van der Waals surface area contributed by atoms with Gasteiger partial charge >= 0.3 is 0 Å². The van der Waals surface area contributed by atoms with Crippen molar-refractivity contribution in [2.45, 2.75) is 46.6 Å². The van der Waals surface area contributed by atoms with E-state index >= 15 is 0 Å². The molecule has 0 aliphatic carbocycles. The molecule has 180 valence electrons. The van der Waals surface area contributed by atoms with Gasteiger partial charge in [0.05, 0.1) is 48.8 Å². The summed E-state index contributed by atoms with van der Waals surface area (Å²) in [4.78, 5) is 42.9. The molecule has 2 aliphatic heterocycles. The molecule has 0 aromatic carbocycles. The van der Waals surface area contributed by atoms with Gasteiger partial charge in [-0.1, -0.05) is 0 Å². The van der Waals surface area contributed by atoms with E-state index in [4.69, 9.17) is 9.15 Å². The number of aromatic nitrogens is 4. The number of oxazole rings is 1. The van der Waals surface area contributed by atoms with E-state index in [1.165, 1.54) is 6.33 Å². The number of aryl methyl sites for hydroxylation is 3. The Morgan fingerprint density at radius 3 is 2.56 bits per heavy atom. The molecule has 5 heterocycles. The Bertz CT molecular complexity index is 1230. The fourth-order valence-electron chi connectivity index (χ4n) is 4.30. The molecule has 5 rings (SSSR count). The van der Waals surface area contributed by atoms with Crippen molar-refractivity contribution in [1.29, 1.82) is 0 Å². The smallest absolute Gasteiger partial charge is 0.291 e. The van der Waals surface area contributed by atoms with Crippen molar-refractivity contribution in [3.8, 4) is 5.88 Å². The van der Waals surface area contributed by atoms with Crippen LogP contribution in [0.3, 0.4) is 0 Å². The number of fused-ring (bicyclic) bond motifs is 1. The van der Waals surface area contributed by atoms with Crippen LogP contribution in [0.25, 0.3) is 0 Å². The van der Waals surface area contributed by atoms with Crippen LogP contribution in [0.5, 0.6) is 5.88 Å². The van der Waals surface area contributed by atoms with E-state index in [9.17, 15) is 9.59 Å². The van der Waals surface area contributed by atoms with Gasteiger partial charge in [-0.25, -0.2) is 15.0 Å². The summed E-state index contributed by atoms with van der Waals surface area (Å²) in [5.41, 5.74) is 4.25. The Morgan fingerprint density at radius 2 is 1.91 bits per heavy atom. The monoisotopic (exact) mass is 466 g/mol. The number of anilines is 1. The minimum atomic E-state index is -0.0575. The number of amides is 1. The number of carbonyl (C=O) groups is 1. The second-order valence-electron chi connectivity index (χ2n) is 8.49. The highest BCUT2D eigenvalue weighted by Gasteiger charge is 2.24. The number of hydrogen-bond acceptors (Lipinski definition) is 8. The quantitative estimate of drug-likeness (QED) is 0.626. The average Bonchev–Trinajstić information content (AvgIpc) is 3.49. The van der Waals surface area contributed by atoms with Crippen molar-refractivity contribution in [1.82, 2.24) is 24.8 Å². The van der Waals surface area contributed by atoms with Crippen molar-refractivity contribution < 1.29 is 13.9 Å². The zero-order valence-corrected chi connectivity index (χ0v) is 20.1. The van der Waals surface area contributed by atoms with E-state index in [1.54, 1.807) is 27.2 Å². The van der Waals surface area contributed by atoms with Crippen LogP contribution in [-0.4, -0.2) is 57.5 Å². The molecule has 10 nitrogen and oxygen atoms in total. The molecule has 1 fully saturated rings. The number of H-pyrrole nitrogens is 1. The Hall–Kier alpha value is -3.69. The number of carbonyl (C=O) groups excluding carboxylic acids is 1. The number of ether oxygens (including phenoxy) is 1. The largest absolute Gasteiger partial charge is 0.481 e. The first kappa shape index (κ1) is 23.5. The molecule has 34 heavy (non-hydrogen) atoms. The second kappa shape index (κ2) is 10.1. The van der Waals surface area contributed by atoms with Crippen molar-refractivity contribution in [2.75, 3.05) is 31.6 Å². The molecular weight excluding hydrogens is 436 g/mol. The minimum absolute atomic E-state index is 0.0133. The number of likely N-dealkylation sites (tertiary alicyclic amines) is 1. The maximum absolute atomic E-state index is 11.9. The van der Waals surface area contributed by atoms with E-state index in [1.807, 2.05) is 17.9 Å². The molecule has 0 saturated carbocycles. The van der Waals surface area contributed by atoms with Crippen LogP contribution >= 0.6 is 0 Å². The molecule has 0 atom stereocenters. The summed E-state index contributed by atoms with van der Waals surface area (Å²) in [6, 6.07) is 2.03. The first-order chi connectivity index (χ1) is 16.4. The molecule has 3 aromatic rings. The summed E-state index contributed by atoms with van der Waals surface area (Å²) in [6.45, 7) is 8.61. The molecule has 3 aromatic heterocycles. The Labute approximate surface area is 198 Å². The molecule has 0 radical (unpaired) electrons. The molecule has 1 amide bonds. The van der Waals surface area contributed by atoms with Gasteiger partial charge in [0.1, 0.15) is 0 Å². The summed E-state index contributed by atoms with van der Waals surface area (Å²) in [5.74, 6) is 1.58. The highest BCUT2D eigenvalue weighted by molar-refractivity contribution is 5.92. The predicted molar refractivity (Wildman–Crippen MR) is 126 cm³/mol. The van der Waals surface area contributed by atoms with Crippen molar-refractivity contribution >= 4 is 11.6 Å².